The van der Waals surface area contributed by atoms with Gasteiger partial charge in [0.25, 0.3) is 5.91 Å². The summed E-state index contributed by atoms with van der Waals surface area (Å²) in [6.07, 6.45) is 2.79. The SMILES string of the molecule is Cc1cc(C(=O)N2CCN(CC3CCCO3)CC2)c(C)s1. The van der Waals surface area contributed by atoms with Gasteiger partial charge in [-0.1, -0.05) is 0 Å². The van der Waals surface area contributed by atoms with E-state index in [1.54, 1.807) is 11.3 Å². The second-order valence-electron chi connectivity index (χ2n) is 6.05. The third-order valence-corrected chi connectivity index (χ3v) is 5.38. The zero-order chi connectivity index (χ0) is 14.8. The zero-order valence-electron chi connectivity index (χ0n) is 12.9. The molecule has 3 heterocycles. The number of carbonyl (C=O) groups is 1. The number of hydrogen-bond acceptors (Lipinski definition) is 4. The van der Waals surface area contributed by atoms with Crippen molar-refractivity contribution in [2.75, 3.05) is 39.3 Å². The van der Waals surface area contributed by atoms with Crippen molar-refractivity contribution in [3.8, 4) is 0 Å². The Bertz CT molecular complexity index is 500. The number of thiophene rings is 1. The first-order chi connectivity index (χ1) is 10.1. The highest BCUT2D eigenvalue weighted by molar-refractivity contribution is 7.12. The molecular formula is C16H24N2O2S. The molecule has 5 heteroatoms. The lowest BCUT2D eigenvalue weighted by Gasteiger charge is -2.35. The second kappa shape index (κ2) is 6.46. The summed E-state index contributed by atoms with van der Waals surface area (Å²) in [4.78, 5) is 19.4. The van der Waals surface area contributed by atoms with Crippen LogP contribution in [0.15, 0.2) is 6.07 Å². The number of piperazine rings is 1. The first-order valence-corrected chi connectivity index (χ1v) is 8.65. The zero-order valence-corrected chi connectivity index (χ0v) is 13.7. The normalized spacial score (nSPS) is 23.7. The molecule has 1 aromatic rings. The first-order valence-electron chi connectivity index (χ1n) is 7.84. The molecule has 4 nitrogen and oxygen atoms in total. The van der Waals surface area contributed by atoms with Gasteiger partial charge in [-0.2, -0.15) is 0 Å². The fraction of sp³-hybridized carbons (Fsp3) is 0.688. The van der Waals surface area contributed by atoms with Gasteiger partial charge in [-0.05, 0) is 32.8 Å². The molecule has 0 aromatic carbocycles. The molecule has 0 spiro atoms. The molecule has 2 fully saturated rings. The van der Waals surface area contributed by atoms with E-state index in [0.717, 1.165) is 49.8 Å². The first kappa shape index (κ1) is 15.0. The van der Waals surface area contributed by atoms with Crippen molar-refractivity contribution in [2.24, 2.45) is 0 Å². The molecule has 0 aliphatic carbocycles. The monoisotopic (exact) mass is 308 g/mol. The average Bonchev–Trinajstić information content (AvgIpc) is 3.08. The highest BCUT2D eigenvalue weighted by atomic mass is 32.1. The molecule has 116 valence electrons. The van der Waals surface area contributed by atoms with Crippen molar-refractivity contribution in [3.63, 3.8) is 0 Å². The molecule has 0 bridgehead atoms. The number of hydrogen-bond donors (Lipinski definition) is 0. The van der Waals surface area contributed by atoms with E-state index in [-0.39, 0.29) is 5.91 Å². The van der Waals surface area contributed by atoms with Crippen LogP contribution < -0.4 is 0 Å². The fourth-order valence-electron chi connectivity index (χ4n) is 3.22. The van der Waals surface area contributed by atoms with Crippen LogP contribution in [0.1, 0.15) is 33.0 Å². The Labute approximate surface area is 130 Å². The number of ether oxygens (including phenoxy) is 1. The minimum Gasteiger partial charge on any atom is -0.377 e. The Hall–Kier alpha value is -0.910. The van der Waals surface area contributed by atoms with E-state index >= 15 is 0 Å². The lowest BCUT2D eigenvalue weighted by molar-refractivity contribution is 0.0432. The van der Waals surface area contributed by atoms with E-state index in [1.165, 1.54) is 17.7 Å². The minimum atomic E-state index is 0.202. The largest absolute Gasteiger partial charge is 0.377 e. The van der Waals surface area contributed by atoms with E-state index in [9.17, 15) is 4.79 Å². The standard InChI is InChI=1S/C16H24N2O2S/c1-12-10-15(13(2)21-12)16(19)18-7-5-17(6-8-18)11-14-4-3-9-20-14/h10,14H,3-9,11H2,1-2H3. The predicted molar refractivity (Wildman–Crippen MR) is 85.1 cm³/mol. The highest BCUT2D eigenvalue weighted by Gasteiger charge is 2.26. The van der Waals surface area contributed by atoms with Gasteiger partial charge in [-0.15, -0.1) is 11.3 Å². The van der Waals surface area contributed by atoms with Crippen molar-refractivity contribution in [2.45, 2.75) is 32.8 Å². The Morgan fingerprint density at radius 3 is 2.67 bits per heavy atom. The third-order valence-electron chi connectivity index (χ3n) is 4.42. The van der Waals surface area contributed by atoms with Gasteiger partial charge >= 0.3 is 0 Å². The molecule has 1 aromatic heterocycles. The molecule has 2 aliphatic heterocycles. The van der Waals surface area contributed by atoms with Crippen LogP contribution in [0.2, 0.25) is 0 Å². The van der Waals surface area contributed by atoms with Crippen LogP contribution in [0.3, 0.4) is 0 Å². The molecule has 21 heavy (non-hydrogen) atoms. The number of nitrogens with zero attached hydrogens (tertiary/aromatic N) is 2. The molecule has 1 unspecified atom stereocenters. The van der Waals surface area contributed by atoms with Gasteiger partial charge in [0.15, 0.2) is 0 Å². The van der Waals surface area contributed by atoms with E-state index in [2.05, 4.69) is 11.8 Å². The molecule has 0 N–H and O–H groups in total. The maximum absolute atomic E-state index is 12.6. The van der Waals surface area contributed by atoms with Gasteiger partial charge in [0.1, 0.15) is 0 Å². The number of carbonyl (C=O) groups excluding carboxylic acids is 1. The predicted octanol–water partition coefficient (Wildman–Crippen LogP) is 2.30. The molecule has 2 saturated heterocycles. The number of aryl methyl sites for hydroxylation is 2. The van der Waals surface area contributed by atoms with Crippen molar-refractivity contribution in [3.05, 3.63) is 21.4 Å². The number of amides is 1. The number of rotatable bonds is 3. The lowest BCUT2D eigenvalue weighted by atomic mass is 10.2. The van der Waals surface area contributed by atoms with E-state index in [1.807, 2.05) is 17.9 Å². The van der Waals surface area contributed by atoms with Gasteiger partial charge in [0.05, 0.1) is 11.7 Å². The highest BCUT2D eigenvalue weighted by Crippen LogP contribution is 2.23. The summed E-state index contributed by atoms with van der Waals surface area (Å²) in [6, 6.07) is 2.03. The van der Waals surface area contributed by atoms with Crippen molar-refractivity contribution < 1.29 is 9.53 Å². The molecule has 0 saturated carbocycles. The van der Waals surface area contributed by atoms with Crippen LogP contribution in [0, 0.1) is 13.8 Å². The Kier molecular flexibility index (Phi) is 4.62. The van der Waals surface area contributed by atoms with Gasteiger partial charge in [-0.25, -0.2) is 0 Å². The van der Waals surface area contributed by atoms with Crippen LogP contribution in [0.4, 0.5) is 0 Å². The quantitative estimate of drug-likeness (QED) is 0.859. The van der Waals surface area contributed by atoms with Crippen LogP contribution in [0.5, 0.6) is 0 Å². The lowest BCUT2D eigenvalue weighted by Crippen LogP contribution is -2.50. The second-order valence-corrected chi connectivity index (χ2v) is 7.52. The Morgan fingerprint density at radius 1 is 1.33 bits per heavy atom. The van der Waals surface area contributed by atoms with E-state index in [0.29, 0.717) is 6.10 Å². The van der Waals surface area contributed by atoms with Crippen molar-refractivity contribution in [1.82, 2.24) is 9.80 Å². The summed E-state index contributed by atoms with van der Waals surface area (Å²) in [6.45, 7) is 9.65. The average molecular weight is 308 g/mol. The van der Waals surface area contributed by atoms with Gasteiger partial charge < -0.3 is 9.64 Å². The molecule has 2 aliphatic rings. The molecular weight excluding hydrogens is 284 g/mol. The summed E-state index contributed by atoms with van der Waals surface area (Å²) >= 11 is 1.71. The van der Waals surface area contributed by atoms with E-state index in [4.69, 9.17) is 4.74 Å². The molecule has 0 radical (unpaired) electrons. The Morgan fingerprint density at radius 2 is 2.10 bits per heavy atom. The van der Waals surface area contributed by atoms with Gasteiger partial charge in [0.2, 0.25) is 0 Å². The van der Waals surface area contributed by atoms with Crippen LogP contribution in [0.25, 0.3) is 0 Å². The van der Waals surface area contributed by atoms with Crippen LogP contribution in [-0.4, -0.2) is 61.1 Å². The van der Waals surface area contributed by atoms with Gasteiger partial charge in [0, 0.05) is 49.1 Å². The topological polar surface area (TPSA) is 32.8 Å². The van der Waals surface area contributed by atoms with Crippen LogP contribution >= 0.6 is 11.3 Å². The Balaban J connectivity index is 1.53. The third kappa shape index (κ3) is 3.47. The van der Waals surface area contributed by atoms with Crippen LogP contribution in [-0.2, 0) is 4.74 Å². The maximum Gasteiger partial charge on any atom is 0.255 e. The van der Waals surface area contributed by atoms with Crippen molar-refractivity contribution >= 4 is 17.2 Å². The summed E-state index contributed by atoms with van der Waals surface area (Å²) in [7, 11) is 0. The summed E-state index contributed by atoms with van der Waals surface area (Å²) in [5.41, 5.74) is 0.894. The minimum absolute atomic E-state index is 0.202. The fourth-order valence-corrected chi connectivity index (χ4v) is 4.14. The summed E-state index contributed by atoms with van der Waals surface area (Å²) < 4.78 is 5.70. The summed E-state index contributed by atoms with van der Waals surface area (Å²) in [5.74, 6) is 0.202. The van der Waals surface area contributed by atoms with Gasteiger partial charge in [-0.3, -0.25) is 9.69 Å². The maximum atomic E-state index is 12.6. The molecule has 3 rings (SSSR count). The smallest absolute Gasteiger partial charge is 0.255 e. The van der Waals surface area contributed by atoms with Crippen molar-refractivity contribution in [1.29, 1.82) is 0 Å². The molecule has 1 atom stereocenters. The summed E-state index contributed by atoms with van der Waals surface area (Å²) in [5, 5.41) is 0. The molecule has 1 amide bonds. The van der Waals surface area contributed by atoms with E-state index < -0.39 is 0 Å².